The number of nitrogens with two attached hydrogens (primary N) is 1. The van der Waals surface area contributed by atoms with Crippen LogP contribution in [0.1, 0.15) is 24.0 Å². The number of nitrogen functional groups attached to an aromatic ring is 1. The molecule has 0 bridgehead atoms. The van der Waals surface area contributed by atoms with Crippen LogP contribution in [0, 0.1) is 11.3 Å². The van der Waals surface area contributed by atoms with Crippen LogP contribution in [0.5, 0.6) is 0 Å². The van der Waals surface area contributed by atoms with Crippen LogP contribution in [0.4, 0.5) is 11.8 Å². The van der Waals surface area contributed by atoms with Gasteiger partial charge >= 0.3 is 0 Å². The van der Waals surface area contributed by atoms with Crippen molar-refractivity contribution in [2.24, 2.45) is 0 Å². The van der Waals surface area contributed by atoms with Crippen molar-refractivity contribution in [2.75, 3.05) is 24.3 Å². The van der Waals surface area contributed by atoms with Crippen LogP contribution in [-0.2, 0) is 14.9 Å². The molecule has 30 heavy (non-hydrogen) atoms. The molecule has 3 heterocycles. The number of amides is 1. The number of ether oxygens (including phenoxy) is 1. The van der Waals surface area contributed by atoms with Gasteiger partial charge in [-0.15, -0.1) is 0 Å². The predicted molar refractivity (Wildman–Crippen MR) is 111 cm³/mol. The Morgan fingerprint density at radius 1 is 1.00 bits per heavy atom. The molecule has 4 rings (SSSR count). The Labute approximate surface area is 173 Å². The molecule has 0 spiro atoms. The number of nitrogens with one attached hydrogen (secondary N) is 1. The van der Waals surface area contributed by atoms with E-state index in [0.29, 0.717) is 37.4 Å². The molecule has 150 valence electrons. The van der Waals surface area contributed by atoms with E-state index in [1.807, 2.05) is 30.3 Å². The molecule has 0 radical (unpaired) electrons. The third-order valence-electron chi connectivity index (χ3n) is 5.36. The van der Waals surface area contributed by atoms with Crippen LogP contribution in [0.15, 0.2) is 55.0 Å². The van der Waals surface area contributed by atoms with Gasteiger partial charge in [-0.05, 0) is 36.1 Å². The van der Waals surface area contributed by atoms with Gasteiger partial charge in [0.05, 0.1) is 11.0 Å². The van der Waals surface area contributed by atoms with E-state index >= 15 is 0 Å². The number of hydrogen-bond acceptors (Lipinski definition) is 7. The average molecular weight is 400 g/mol. The molecule has 1 fully saturated rings. The van der Waals surface area contributed by atoms with Crippen LogP contribution in [0.25, 0.3) is 11.1 Å². The molecule has 2 aromatic heterocycles. The minimum Gasteiger partial charge on any atom is -0.381 e. The van der Waals surface area contributed by atoms with Gasteiger partial charge in [0.25, 0.3) is 0 Å². The Balaban J connectivity index is 1.61. The highest BCUT2D eigenvalue weighted by atomic mass is 16.5. The van der Waals surface area contributed by atoms with Crippen molar-refractivity contribution in [1.29, 1.82) is 5.26 Å². The van der Waals surface area contributed by atoms with Crippen LogP contribution in [-0.4, -0.2) is 34.1 Å². The first-order chi connectivity index (χ1) is 14.6. The SMILES string of the molecule is N#Cc1ccc(NC(=O)C2(c3ccc(-c4cnc(N)nc4)cc3)CCOCC2)nc1. The average Bonchev–Trinajstić information content (AvgIpc) is 2.80. The maximum atomic E-state index is 13.3. The lowest BCUT2D eigenvalue weighted by molar-refractivity contribution is -0.125. The van der Waals surface area contributed by atoms with Gasteiger partial charge in [-0.3, -0.25) is 4.79 Å². The van der Waals surface area contributed by atoms with Gasteiger partial charge in [-0.25, -0.2) is 15.0 Å². The second-order valence-electron chi connectivity index (χ2n) is 7.10. The zero-order valence-electron chi connectivity index (χ0n) is 16.2. The molecule has 1 aliphatic rings. The monoisotopic (exact) mass is 400 g/mol. The number of pyridine rings is 1. The molecule has 0 aliphatic carbocycles. The fourth-order valence-electron chi connectivity index (χ4n) is 3.61. The van der Waals surface area contributed by atoms with E-state index in [4.69, 9.17) is 15.7 Å². The molecular formula is C22H20N6O2. The summed E-state index contributed by atoms with van der Waals surface area (Å²) in [6, 6.07) is 13.1. The van der Waals surface area contributed by atoms with Gasteiger partial charge in [0, 0.05) is 37.4 Å². The minimum atomic E-state index is -0.718. The third-order valence-corrected chi connectivity index (χ3v) is 5.36. The first-order valence-electron chi connectivity index (χ1n) is 9.54. The Hall–Kier alpha value is -3.83. The number of rotatable bonds is 4. The van der Waals surface area contributed by atoms with E-state index in [0.717, 1.165) is 16.7 Å². The second kappa shape index (κ2) is 8.27. The second-order valence-corrected chi connectivity index (χ2v) is 7.10. The third kappa shape index (κ3) is 3.83. The summed E-state index contributed by atoms with van der Waals surface area (Å²) in [7, 11) is 0. The van der Waals surface area contributed by atoms with Gasteiger partial charge in [-0.1, -0.05) is 24.3 Å². The predicted octanol–water partition coefficient (Wildman–Crippen LogP) is 2.68. The van der Waals surface area contributed by atoms with Crippen molar-refractivity contribution in [3.63, 3.8) is 0 Å². The Morgan fingerprint density at radius 3 is 2.30 bits per heavy atom. The lowest BCUT2D eigenvalue weighted by atomic mass is 9.73. The highest BCUT2D eigenvalue weighted by molar-refractivity contribution is 5.98. The Kier molecular flexibility index (Phi) is 5.37. The van der Waals surface area contributed by atoms with E-state index in [9.17, 15) is 4.79 Å². The zero-order chi connectivity index (χ0) is 21.0. The van der Waals surface area contributed by atoms with Gasteiger partial charge in [0.2, 0.25) is 11.9 Å². The van der Waals surface area contributed by atoms with E-state index in [2.05, 4.69) is 20.3 Å². The lowest BCUT2D eigenvalue weighted by Gasteiger charge is -2.36. The molecule has 8 heteroatoms. The summed E-state index contributed by atoms with van der Waals surface area (Å²) in [5, 5.41) is 11.8. The molecule has 8 nitrogen and oxygen atoms in total. The fourth-order valence-corrected chi connectivity index (χ4v) is 3.61. The quantitative estimate of drug-likeness (QED) is 0.689. The van der Waals surface area contributed by atoms with Gasteiger partial charge in [0.15, 0.2) is 0 Å². The van der Waals surface area contributed by atoms with Crippen molar-refractivity contribution in [3.8, 4) is 17.2 Å². The van der Waals surface area contributed by atoms with E-state index < -0.39 is 5.41 Å². The topological polar surface area (TPSA) is 127 Å². The summed E-state index contributed by atoms with van der Waals surface area (Å²) in [5.41, 5.74) is 7.98. The molecule has 1 amide bonds. The molecule has 1 aliphatic heterocycles. The summed E-state index contributed by atoms with van der Waals surface area (Å²) in [6.45, 7) is 1.00. The molecule has 3 aromatic rings. The molecule has 0 atom stereocenters. The molecule has 0 saturated carbocycles. The van der Waals surface area contributed by atoms with Crippen molar-refractivity contribution in [2.45, 2.75) is 18.3 Å². The van der Waals surface area contributed by atoms with Crippen LogP contribution in [0.3, 0.4) is 0 Å². The van der Waals surface area contributed by atoms with E-state index in [-0.39, 0.29) is 11.9 Å². The summed E-state index contributed by atoms with van der Waals surface area (Å²) < 4.78 is 5.52. The molecule has 1 aromatic carbocycles. The number of nitrogens with zero attached hydrogens (tertiary/aromatic N) is 4. The number of carbonyl (C=O) groups excluding carboxylic acids is 1. The first-order valence-corrected chi connectivity index (χ1v) is 9.54. The summed E-state index contributed by atoms with van der Waals surface area (Å²) in [4.78, 5) is 25.5. The van der Waals surface area contributed by atoms with Crippen molar-refractivity contribution >= 4 is 17.7 Å². The first kappa shape index (κ1) is 19.5. The molecule has 0 unspecified atom stereocenters. The summed E-state index contributed by atoms with van der Waals surface area (Å²) >= 11 is 0. The summed E-state index contributed by atoms with van der Waals surface area (Å²) in [6.07, 6.45) is 5.92. The van der Waals surface area contributed by atoms with E-state index in [1.54, 1.807) is 24.5 Å². The van der Waals surface area contributed by atoms with Crippen LogP contribution < -0.4 is 11.1 Å². The van der Waals surface area contributed by atoms with E-state index in [1.165, 1.54) is 6.20 Å². The van der Waals surface area contributed by atoms with Gasteiger partial charge in [0.1, 0.15) is 11.9 Å². The highest BCUT2D eigenvalue weighted by Crippen LogP contribution is 2.37. The van der Waals surface area contributed by atoms with Crippen molar-refractivity contribution in [3.05, 3.63) is 66.1 Å². The Bertz CT molecular complexity index is 1070. The maximum Gasteiger partial charge on any atom is 0.236 e. The Morgan fingerprint density at radius 2 is 1.70 bits per heavy atom. The number of hydrogen-bond donors (Lipinski definition) is 2. The fraction of sp³-hybridized carbons (Fsp3) is 0.227. The molecule has 3 N–H and O–H groups in total. The smallest absolute Gasteiger partial charge is 0.236 e. The highest BCUT2D eigenvalue weighted by Gasteiger charge is 2.41. The number of carbonyl (C=O) groups is 1. The maximum absolute atomic E-state index is 13.3. The molecule has 1 saturated heterocycles. The zero-order valence-corrected chi connectivity index (χ0v) is 16.2. The summed E-state index contributed by atoms with van der Waals surface area (Å²) in [5.74, 6) is 0.511. The minimum absolute atomic E-state index is 0.133. The normalized spacial score (nSPS) is 15.2. The van der Waals surface area contributed by atoms with Crippen LogP contribution >= 0.6 is 0 Å². The van der Waals surface area contributed by atoms with Crippen molar-refractivity contribution in [1.82, 2.24) is 15.0 Å². The standard InChI is InChI=1S/C22H20N6O2/c23-11-15-1-6-19(25-12-15)28-20(29)22(7-9-30-10-8-22)18-4-2-16(3-5-18)17-13-26-21(24)27-14-17/h1-6,12-14H,7-10H2,(H2,24,26,27)(H,25,28,29). The number of aromatic nitrogens is 3. The number of anilines is 2. The van der Waals surface area contributed by atoms with Gasteiger partial charge in [-0.2, -0.15) is 5.26 Å². The number of nitriles is 1. The molecular weight excluding hydrogens is 380 g/mol. The van der Waals surface area contributed by atoms with Crippen LogP contribution in [0.2, 0.25) is 0 Å². The largest absolute Gasteiger partial charge is 0.381 e. The lowest BCUT2D eigenvalue weighted by Crippen LogP contribution is -2.45. The van der Waals surface area contributed by atoms with Gasteiger partial charge < -0.3 is 15.8 Å². The number of benzene rings is 1. The van der Waals surface area contributed by atoms with Crippen molar-refractivity contribution < 1.29 is 9.53 Å².